The monoisotopic (exact) mass is 391 g/mol. The molecule has 0 unspecified atom stereocenters. The molecule has 0 bridgehead atoms. The molecule has 1 heterocycles. The fourth-order valence-electron chi connectivity index (χ4n) is 5.36. The van der Waals surface area contributed by atoms with E-state index in [4.69, 9.17) is 0 Å². The molecule has 6 nitrogen and oxygen atoms in total. The van der Waals surface area contributed by atoms with Crippen molar-refractivity contribution in [3.63, 3.8) is 0 Å². The van der Waals surface area contributed by atoms with Crippen molar-refractivity contribution in [3.8, 4) is 0 Å². The molecular formula is C22H37N3O3. The summed E-state index contributed by atoms with van der Waals surface area (Å²) in [6.07, 6.45) is 8.99. The number of nitrogens with one attached hydrogen (secondary N) is 2. The molecule has 4 amide bonds. The van der Waals surface area contributed by atoms with Crippen molar-refractivity contribution >= 4 is 17.8 Å². The van der Waals surface area contributed by atoms with Crippen LogP contribution < -0.4 is 10.6 Å². The Balaban J connectivity index is 1.53. The Morgan fingerprint density at radius 3 is 2.46 bits per heavy atom. The number of carbonyl (C=O) groups excluding carboxylic acids is 3. The van der Waals surface area contributed by atoms with Gasteiger partial charge in [-0.1, -0.05) is 47.0 Å². The largest absolute Gasteiger partial charge is 0.352 e. The van der Waals surface area contributed by atoms with E-state index < -0.39 is 11.6 Å². The minimum Gasteiger partial charge on any atom is -0.352 e. The van der Waals surface area contributed by atoms with Crippen molar-refractivity contribution < 1.29 is 14.4 Å². The van der Waals surface area contributed by atoms with Crippen LogP contribution in [0.1, 0.15) is 85.5 Å². The van der Waals surface area contributed by atoms with E-state index in [1.807, 2.05) is 6.92 Å². The van der Waals surface area contributed by atoms with Crippen molar-refractivity contribution in [1.29, 1.82) is 0 Å². The van der Waals surface area contributed by atoms with Gasteiger partial charge in [-0.3, -0.25) is 14.5 Å². The maximum Gasteiger partial charge on any atom is 0.325 e. The van der Waals surface area contributed by atoms with Crippen LogP contribution >= 0.6 is 0 Å². The Morgan fingerprint density at radius 1 is 1.18 bits per heavy atom. The van der Waals surface area contributed by atoms with Crippen LogP contribution in [0.2, 0.25) is 0 Å². The summed E-state index contributed by atoms with van der Waals surface area (Å²) >= 11 is 0. The van der Waals surface area contributed by atoms with Crippen LogP contribution in [0.5, 0.6) is 0 Å². The first-order valence-electron chi connectivity index (χ1n) is 11.1. The summed E-state index contributed by atoms with van der Waals surface area (Å²) in [5.74, 6) is 0.377. The number of hydrogen-bond acceptors (Lipinski definition) is 3. The Labute approximate surface area is 169 Å². The van der Waals surface area contributed by atoms with Crippen molar-refractivity contribution in [2.75, 3.05) is 6.54 Å². The Morgan fingerprint density at radius 2 is 1.86 bits per heavy atom. The highest BCUT2D eigenvalue weighted by Crippen LogP contribution is 2.40. The van der Waals surface area contributed by atoms with Gasteiger partial charge >= 0.3 is 6.03 Å². The molecule has 1 spiro atoms. The van der Waals surface area contributed by atoms with E-state index in [9.17, 15) is 14.4 Å². The predicted molar refractivity (Wildman–Crippen MR) is 109 cm³/mol. The zero-order valence-electron chi connectivity index (χ0n) is 18.0. The third kappa shape index (κ3) is 3.92. The second kappa shape index (κ2) is 8.03. The molecule has 2 aliphatic carbocycles. The van der Waals surface area contributed by atoms with E-state index >= 15 is 0 Å². The number of imide groups is 1. The molecule has 158 valence electrons. The quantitative estimate of drug-likeness (QED) is 0.703. The highest BCUT2D eigenvalue weighted by molar-refractivity contribution is 6.09. The topological polar surface area (TPSA) is 78.5 Å². The van der Waals surface area contributed by atoms with Gasteiger partial charge in [-0.25, -0.2) is 4.79 Å². The number of amides is 4. The molecule has 2 N–H and O–H groups in total. The SMILES string of the molecule is CCC(C)(C)C1CCC(NC(=O)CN2C(=O)N[C@]3(CCCC[C@@H]3C)C2=O)CC1. The standard InChI is InChI=1S/C22H37N3O3/c1-5-21(3,4)16-9-11-17(12-10-16)23-18(26)14-25-19(27)22(24-20(25)28)13-7-6-8-15(22)2/h15-17H,5-14H2,1-4H3,(H,23,26)(H,24,28)/t15-,16?,17?,22-/m0/s1. The van der Waals surface area contributed by atoms with Crippen LogP contribution in [0.25, 0.3) is 0 Å². The van der Waals surface area contributed by atoms with E-state index in [0.29, 0.717) is 17.8 Å². The van der Waals surface area contributed by atoms with E-state index in [1.165, 1.54) is 6.42 Å². The zero-order chi connectivity index (χ0) is 20.5. The maximum absolute atomic E-state index is 13.0. The first-order valence-corrected chi connectivity index (χ1v) is 11.1. The smallest absolute Gasteiger partial charge is 0.325 e. The third-order valence-electron chi connectivity index (χ3n) is 7.91. The number of rotatable bonds is 5. The lowest BCUT2D eigenvalue weighted by Crippen LogP contribution is -2.54. The Bertz CT molecular complexity index is 625. The van der Waals surface area contributed by atoms with Crippen LogP contribution in [0.15, 0.2) is 0 Å². The molecule has 3 aliphatic rings. The van der Waals surface area contributed by atoms with Gasteiger partial charge in [0, 0.05) is 6.04 Å². The lowest BCUT2D eigenvalue weighted by atomic mass is 9.69. The second-order valence-electron chi connectivity index (χ2n) is 9.90. The van der Waals surface area contributed by atoms with Crippen molar-refractivity contribution in [3.05, 3.63) is 0 Å². The van der Waals surface area contributed by atoms with Crippen LogP contribution in [-0.4, -0.2) is 40.9 Å². The summed E-state index contributed by atoms with van der Waals surface area (Å²) in [5, 5.41) is 5.98. The first-order chi connectivity index (χ1) is 13.2. The molecule has 3 rings (SSSR count). The summed E-state index contributed by atoms with van der Waals surface area (Å²) in [5.41, 5.74) is -0.445. The normalized spacial score (nSPS) is 33.9. The third-order valence-corrected chi connectivity index (χ3v) is 7.91. The van der Waals surface area contributed by atoms with Gasteiger partial charge < -0.3 is 10.6 Å². The average Bonchev–Trinajstić information content (AvgIpc) is 2.89. The molecule has 0 aromatic carbocycles. The lowest BCUT2D eigenvalue weighted by Gasteiger charge is -2.39. The van der Waals surface area contributed by atoms with Gasteiger partial charge in [-0.05, 0) is 55.8 Å². The van der Waals surface area contributed by atoms with Crippen LogP contribution in [-0.2, 0) is 9.59 Å². The van der Waals surface area contributed by atoms with Crippen LogP contribution in [0.4, 0.5) is 4.79 Å². The number of carbonyl (C=O) groups is 3. The van der Waals surface area contributed by atoms with E-state index in [2.05, 4.69) is 31.4 Å². The highest BCUT2D eigenvalue weighted by Gasteiger charge is 2.55. The number of hydrogen-bond donors (Lipinski definition) is 2. The minimum absolute atomic E-state index is 0.114. The van der Waals surface area contributed by atoms with Crippen LogP contribution in [0, 0.1) is 17.3 Å². The van der Waals surface area contributed by atoms with E-state index in [-0.39, 0.29) is 30.3 Å². The minimum atomic E-state index is -0.792. The summed E-state index contributed by atoms with van der Waals surface area (Å²) in [6.45, 7) is 8.76. The molecule has 1 saturated heterocycles. The van der Waals surface area contributed by atoms with Crippen molar-refractivity contribution in [2.45, 2.75) is 97.1 Å². The van der Waals surface area contributed by atoms with Gasteiger partial charge in [0.1, 0.15) is 12.1 Å². The lowest BCUT2D eigenvalue weighted by molar-refractivity contribution is -0.137. The summed E-state index contributed by atoms with van der Waals surface area (Å²) < 4.78 is 0. The van der Waals surface area contributed by atoms with Crippen molar-refractivity contribution in [1.82, 2.24) is 15.5 Å². The molecule has 0 aromatic heterocycles. The predicted octanol–water partition coefficient (Wildman–Crippen LogP) is 3.60. The van der Waals surface area contributed by atoms with Gasteiger partial charge in [0.2, 0.25) is 5.91 Å². The Kier molecular flexibility index (Phi) is 6.06. The van der Waals surface area contributed by atoms with Gasteiger partial charge in [-0.2, -0.15) is 0 Å². The number of urea groups is 1. The highest BCUT2D eigenvalue weighted by atomic mass is 16.2. The fourth-order valence-corrected chi connectivity index (χ4v) is 5.36. The molecule has 0 aromatic rings. The molecule has 2 saturated carbocycles. The van der Waals surface area contributed by atoms with E-state index in [0.717, 1.165) is 49.8 Å². The number of nitrogens with zero attached hydrogens (tertiary/aromatic N) is 1. The molecule has 0 radical (unpaired) electrons. The zero-order valence-corrected chi connectivity index (χ0v) is 18.0. The molecule has 3 fully saturated rings. The van der Waals surface area contributed by atoms with Gasteiger partial charge in [0.05, 0.1) is 0 Å². The van der Waals surface area contributed by atoms with Gasteiger partial charge in [-0.15, -0.1) is 0 Å². The fraction of sp³-hybridized carbons (Fsp3) is 0.864. The van der Waals surface area contributed by atoms with Gasteiger partial charge in [0.15, 0.2) is 0 Å². The average molecular weight is 392 g/mol. The van der Waals surface area contributed by atoms with Crippen LogP contribution in [0.3, 0.4) is 0 Å². The van der Waals surface area contributed by atoms with Gasteiger partial charge in [0.25, 0.3) is 5.91 Å². The van der Waals surface area contributed by atoms with Crippen molar-refractivity contribution in [2.24, 2.45) is 17.3 Å². The first kappa shape index (κ1) is 21.1. The van der Waals surface area contributed by atoms with E-state index in [1.54, 1.807) is 0 Å². The molecule has 2 atom stereocenters. The molecular weight excluding hydrogens is 354 g/mol. The Hall–Kier alpha value is -1.59. The molecule has 28 heavy (non-hydrogen) atoms. The maximum atomic E-state index is 13.0. The molecule has 6 heteroatoms. The molecule has 1 aliphatic heterocycles. The summed E-state index contributed by atoms with van der Waals surface area (Å²) in [4.78, 5) is 39.1. The summed E-state index contributed by atoms with van der Waals surface area (Å²) in [7, 11) is 0. The second-order valence-corrected chi connectivity index (χ2v) is 9.90. The summed E-state index contributed by atoms with van der Waals surface area (Å²) in [6, 6.07) is -0.262.